The summed E-state index contributed by atoms with van der Waals surface area (Å²) >= 11 is 1.24. The lowest BCUT2D eigenvalue weighted by Gasteiger charge is -2.34. The van der Waals surface area contributed by atoms with Crippen molar-refractivity contribution < 1.29 is 18.7 Å². The summed E-state index contributed by atoms with van der Waals surface area (Å²) in [6.45, 7) is 0.305. The smallest absolute Gasteiger partial charge is 0.241 e. The lowest BCUT2D eigenvalue weighted by atomic mass is 9.92. The maximum Gasteiger partial charge on any atom is 0.241 e. The van der Waals surface area contributed by atoms with Gasteiger partial charge in [0, 0.05) is 0 Å². The molecule has 1 aliphatic rings. The Hall–Kier alpha value is -2.96. The highest BCUT2D eigenvalue weighted by Gasteiger charge is 2.37. The van der Waals surface area contributed by atoms with E-state index in [2.05, 4.69) is 16.0 Å². The van der Waals surface area contributed by atoms with E-state index in [-0.39, 0.29) is 17.6 Å². The highest BCUT2D eigenvalue weighted by atomic mass is 32.2. The van der Waals surface area contributed by atoms with Crippen molar-refractivity contribution in [2.45, 2.75) is 18.1 Å². The van der Waals surface area contributed by atoms with E-state index < -0.39 is 17.5 Å². The van der Waals surface area contributed by atoms with Crippen molar-refractivity contribution in [1.82, 2.24) is 16.0 Å². The maximum atomic E-state index is 12.4. The number of nitriles is 1. The molecule has 146 valence electrons. The molecule has 0 saturated carbocycles. The van der Waals surface area contributed by atoms with Crippen molar-refractivity contribution in [3.05, 3.63) is 54.0 Å². The molecule has 3 atom stereocenters. The fourth-order valence-corrected chi connectivity index (χ4v) is 3.69. The zero-order valence-corrected chi connectivity index (χ0v) is 16.0. The molecule has 3 unspecified atom stereocenters. The summed E-state index contributed by atoms with van der Waals surface area (Å²) in [5, 5.41) is 18.1. The van der Waals surface area contributed by atoms with Crippen LogP contribution in [-0.2, 0) is 16.1 Å². The first-order chi connectivity index (χ1) is 13.6. The largest absolute Gasteiger partial charge is 0.497 e. The molecule has 3 rings (SSSR count). The van der Waals surface area contributed by atoms with Crippen LogP contribution in [-0.4, -0.2) is 30.2 Å². The number of nitrogens with zero attached hydrogens (tertiary/aromatic N) is 1. The van der Waals surface area contributed by atoms with Crippen molar-refractivity contribution in [1.29, 1.82) is 5.26 Å². The molecule has 1 aliphatic heterocycles. The summed E-state index contributed by atoms with van der Waals surface area (Å²) in [6.07, 6.45) is 1.54. The fraction of sp³-hybridized carbons (Fsp3) is 0.316. The van der Waals surface area contributed by atoms with E-state index in [0.717, 1.165) is 5.56 Å². The maximum absolute atomic E-state index is 12.4. The molecule has 1 fully saturated rings. The normalized spacial score (nSPS) is 21.4. The van der Waals surface area contributed by atoms with Gasteiger partial charge in [0.05, 0.1) is 37.8 Å². The predicted octanol–water partition coefficient (Wildman–Crippen LogP) is 1.52. The summed E-state index contributed by atoms with van der Waals surface area (Å²) in [5.41, 5.74) is 0.274. The van der Waals surface area contributed by atoms with Crippen LogP contribution in [0.5, 0.6) is 5.75 Å². The van der Waals surface area contributed by atoms with Crippen LogP contribution in [0.2, 0.25) is 0 Å². The van der Waals surface area contributed by atoms with E-state index in [0.29, 0.717) is 18.1 Å². The fourth-order valence-electron chi connectivity index (χ4n) is 2.83. The van der Waals surface area contributed by atoms with Crippen LogP contribution in [0.25, 0.3) is 0 Å². The zero-order valence-electron chi connectivity index (χ0n) is 15.2. The SMILES string of the molecule is COc1cccc(C2NC(SCC(=O)NCc3ccco3)NC(=O)C2C#N)c1. The van der Waals surface area contributed by atoms with Crippen LogP contribution in [0.3, 0.4) is 0 Å². The summed E-state index contributed by atoms with van der Waals surface area (Å²) in [4.78, 5) is 24.4. The molecule has 2 amide bonds. The van der Waals surface area contributed by atoms with Gasteiger partial charge in [-0.3, -0.25) is 14.9 Å². The monoisotopic (exact) mass is 400 g/mol. The van der Waals surface area contributed by atoms with Gasteiger partial charge in [0.1, 0.15) is 22.9 Å². The molecule has 28 heavy (non-hydrogen) atoms. The Kier molecular flexibility index (Phi) is 6.57. The van der Waals surface area contributed by atoms with Gasteiger partial charge >= 0.3 is 0 Å². The van der Waals surface area contributed by atoms with Crippen LogP contribution < -0.4 is 20.7 Å². The molecular weight excluding hydrogens is 380 g/mol. The molecule has 0 aliphatic carbocycles. The summed E-state index contributed by atoms with van der Waals surface area (Å²) in [7, 11) is 1.56. The third-order valence-corrected chi connectivity index (χ3v) is 5.25. The summed E-state index contributed by atoms with van der Waals surface area (Å²) in [5.74, 6) is 0.0127. The Balaban J connectivity index is 1.60. The average Bonchev–Trinajstić information content (AvgIpc) is 3.24. The van der Waals surface area contributed by atoms with E-state index in [1.165, 1.54) is 11.8 Å². The van der Waals surface area contributed by atoms with E-state index >= 15 is 0 Å². The van der Waals surface area contributed by atoms with Crippen LogP contribution in [0.15, 0.2) is 47.1 Å². The molecule has 2 heterocycles. The van der Waals surface area contributed by atoms with E-state index in [9.17, 15) is 14.9 Å². The second kappa shape index (κ2) is 9.30. The first kappa shape index (κ1) is 19.8. The number of methoxy groups -OCH3 is 1. The number of thioether (sulfide) groups is 1. The van der Waals surface area contributed by atoms with Crippen molar-refractivity contribution in [2.24, 2.45) is 5.92 Å². The Morgan fingerprint density at radius 3 is 2.96 bits per heavy atom. The number of ether oxygens (including phenoxy) is 1. The van der Waals surface area contributed by atoms with Crippen molar-refractivity contribution in [3.8, 4) is 11.8 Å². The number of hydrogen-bond acceptors (Lipinski definition) is 7. The molecule has 0 radical (unpaired) electrons. The van der Waals surface area contributed by atoms with Crippen LogP contribution in [0.1, 0.15) is 17.4 Å². The van der Waals surface area contributed by atoms with Crippen molar-refractivity contribution >= 4 is 23.6 Å². The minimum Gasteiger partial charge on any atom is -0.497 e. The minimum absolute atomic E-state index is 0.140. The number of carbonyl (C=O) groups is 2. The van der Waals surface area contributed by atoms with Gasteiger partial charge in [-0.1, -0.05) is 12.1 Å². The molecule has 9 heteroatoms. The van der Waals surface area contributed by atoms with Gasteiger partial charge in [0.25, 0.3) is 0 Å². The van der Waals surface area contributed by atoms with E-state index in [1.54, 1.807) is 43.7 Å². The zero-order chi connectivity index (χ0) is 19.9. The van der Waals surface area contributed by atoms with Gasteiger partial charge in [-0.15, -0.1) is 11.8 Å². The quantitative estimate of drug-likeness (QED) is 0.645. The summed E-state index contributed by atoms with van der Waals surface area (Å²) < 4.78 is 10.4. The molecule has 1 aromatic carbocycles. The molecule has 0 spiro atoms. The van der Waals surface area contributed by atoms with E-state index in [1.807, 2.05) is 12.1 Å². The van der Waals surface area contributed by atoms with Gasteiger partial charge < -0.3 is 19.8 Å². The average molecular weight is 400 g/mol. The Morgan fingerprint density at radius 1 is 1.39 bits per heavy atom. The number of furan rings is 1. The molecular formula is C19H20N4O4S. The van der Waals surface area contributed by atoms with Gasteiger partial charge in [0.2, 0.25) is 11.8 Å². The third kappa shape index (κ3) is 4.85. The second-order valence-electron chi connectivity index (χ2n) is 6.08. The Labute approximate surface area is 166 Å². The molecule has 3 N–H and O–H groups in total. The van der Waals surface area contributed by atoms with Crippen molar-refractivity contribution in [3.63, 3.8) is 0 Å². The number of carbonyl (C=O) groups excluding carboxylic acids is 2. The van der Waals surface area contributed by atoms with Gasteiger partial charge in [0.15, 0.2) is 0 Å². The molecule has 2 aromatic rings. The molecule has 8 nitrogen and oxygen atoms in total. The topological polar surface area (TPSA) is 116 Å². The number of nitrogens with one attached hydrogen (secondary N) is 3. The lowest BCUT2D eigenvalue weighted by molar-refractivity contribution is -0.126. The van der Waals surface area contributed by atoms with Crippen LogP contribution in [0, 0.1) is 17.2 Å². The first-order valence-electron chi connectivity index (χ1n) is 8.61. The standard InChI is InChI=1S/C19H20N4O4S/c1-26-13-5-2-4-12(8-13)17-15(9-20)18(25)23-19(22-17)28-11-16(24)21-10-14-6-3-7-27-14/h2-8,15,17,19,22H,10-11H2,1H3,(H,21,24)(H,23,25). The van der Waals surface area contributed by atoms with Gasteiger partial charge in [-0.2, -0.15) is 5.26 Å². The Bertz CT molecular complexity index is 865. The molecule has 0 bridgehead atoms. The number of benzene rings is 1. The highest BCUT2D eigenvalue weighted by molar-refractivity contribution is 8.00. The predicted molar refractivity (Wildman–Crippen MR) is 103 cm³/mol. The summed E-state index contributed by atoms with van der Waals surface area (Å²) in [6, 6.07) is 12.3. The molecule has 1 saturated heterocycles. The van der Waals surface area contributed by atoms with Crippen molar-refractivity contribution in [2.75, 3.05) is 12.9 Å². The van der Waals surface area contributed by atoms with Gasteiger partial charge in [-0.05, 0) is 29.8 Å². The minimum atomic E-state index is -0.878. The third-order valence-electron chi connectivity index (χ3n) is 4.23. The number of hydrogen-bond donors (Lipinski definition) is 3. The van der Waals surface area contributed by atoms with Gasteiger partial charge in [-0.25, -0.2) is 0 Å². The highest BCUT2D eigenvalue weighted by Crippen LogP contribution is 2.29. The lowest BCUT2D eigenvalue weighted by Crippen LogP contribution is -2.56. The van der Waals surface area contributed by atoms with Crippen LogP contribution in [0.4, 0.5) is 0 Å². The van der Waals surface area contributed by atoms with E-state index in [4.69, 9.17) is 9.15 Å². The van der Waals surface area contributed by atoms with Crippen LogP contribution >= 0.6 is 11.8 Å². The second-order valence-corrected chi connectivity index (χ2v) is 7.18. The molecule has 1 aromatic heterocycles. The number of rotatable bonds is 7. The first-order valence-corrected chi connectivity index (χ1v) is 9.66. The Morgan fingerprint density at radius 2 is 2.25 bits per heavy atom. The number of amides is 2.